The number of hydrogen-bond donors (Lipinski definition) is 1. The van der Waals surface area contributed by atoms with Crippen molar-refractivity contribution < 1.29 is 9.90 Å². The Morgan fingerprint density at radius 2 is 2.40 bits per heavy atom. The second-order valence-electron chi connectivity index (χ2n) is 5.62. The van der Waals surface area contributed by atoms with Crippen LogP contribution in [0, 0.1) is 5.92 Å². The van der Waals surface area contributed by atoms with Crippen LogP contribution in [0.4, 0.5) is 0 Å². The number of aryl methyl sites for hydroxylation is 1. The Hall–Kier alpha value is -0.940. The highest BCUT2D eigenvalue weighted by Gasteiger charge is 2.21. The smallest absolute Gasteiger partial charge is 0.303 e. The lowest BCUT2D eigenvalue weighted by molar-refractivity contribution is -0.138. The van der Waals surface area contributed by atoms with Crippen LogP contribution in [0.5, 0.6) is 0 Å². The highest BCUT2D eigenvalue weighted by atomic mass is 32.2. The zero-order valence-electron chi connectivity index (χ0n) is 12.1. The summed E-state index contributed by atoms with van der Waals surface area (Å²) in [5.74, 6) is 0.823. The van der Waals surface area contributed by atoms with Crippen LogP contribution in [0.15, 0.2) is 23.4 Å². The number of carboxylic acids is 1. The Balaban J connectivity index is 1.62. The van der Waals surface area contributed by atoms with Gasteiger partial charge in [0, 0.05) is 37.3 Å². The Morgan fingerprint density at radius 1 is 1.55 bits per heavy atom. The molecule has 4 nitrogen and oxygen atoms in total. The van der Waals surface area contributed by atoms with E-state index in [9.17, 15) is 4.79 Å². The van der Waals surface area contributed by atoms with Gasteiger partial charge in [0.05, 0.1) is 0 Å². The van der Waals surface area contributed by atoms with E-state index in [0.717, 1.165) is 38.2 Å². The fourth-order valence-corrected chi connectivity index (χ4v) is 3.72. The van der Waals surface area contributed by atoms with E-state index >= 15 is 0 Å². The van der Waals surface area contributed by atoms with Gasteiger partial charge in [0.15, 0.2) is 0 Å². The minimum Gasteiger partial charge on any atom is -0.481 e. The molecular weight excluding hydrogens is 272 g/mol. The first-order valence-corrected chi connectivity index (χ1v) is 8.31. The van der Waals surface area contributed by atoms with Crippen molar-refractivity contribution in [3.8, 4) is 0 Å². The van der Waals surface area contributed by atoms with Gasteiger partial charge in [-0.2, -0.15) is 0 Å². The van der Waals surface area contributed by atoms with Crippen LogP contribution in [0.25, 0.3) is 0 Å². The van der Waals surface area contributed by atoms with Crippen LogP contribution in [-0.4, -0.2) is 45.9 Å². The molecule has 2 heterocycles. The summed E-state index contributed by atoms with van der Waals surface area (Å²) in [6.45, 7) is 3.18. The first-order chi connectivity index (χ1) is 9.63. The Kier molecular flexibility index (Phi) is 5.98. The van der Waals surface area contributed by atoms with Gasteiger partial charge in [-0.05, 0) is 50.1 Å². The molecule has 1 atom stereocenters. The summed E-state index contributed by atoms with van der Waals surface area (Å²) in [5, 5.41) is 8.87. The van der Waals surface area contributed by atoms with E-state index in [1.165, 1.54) is 11.3 Å². The van der Waals surface area contributed by atoms with Crippen LogP contribution in [0.1, 0.15) is 25.7 Å². The number of likely N-dealkylation sites (tertiary alicyclic amines) is 1. The molecule has 2 rings (SSSR count). The average Bonchev–Trinajstić information content (AvgIpc) is 2.80. The zero-order chi connectivity index (χ0) is 14.4. The number of aromatic nitrogens is 1. The van der Waals surface area contributed by atoms with E-state index in [-0.39, 0.29) is 0 Å². The largest absolute Gasteiger partial charge is 0.481 e. The molecule has 1 aromatic heterocycles. The minimum atomic E-state index is -0.656. The SMILES string of the molecule is Cn1ccc(SCCCN2CCCC(CC(=O)O)C2)c1. The molecule has 0 bridgehead atoms. The highest BCUT2D eigenvalue weighted by molar-refractivity contribution is 7.99. The Morgan fingerprint density at radius 3 is 3.10 bits per heavy atom. The molecule has 1 aliphatic heterocycles. The maximum absolute atomic E-state index is 10.8. The van der Waals surface area contributed by atoms with E-state index in [2.05, 4.69) is 27.9 Å². The van der Waals surface area contributed by atoms with Crippen LogP contribution < -0.4 is 0 Å². The maximum Gasteiger partial charge on any atom is 0.303 e. The molecule has 1 saturated heterocycles. The molecule has 112 valence electrons. The lowest BCUT2D eigenvalue weighted by atomic mass is 9.95. The molecule has 20 heavy (non-hydrogen) atoms. The number of thioether (sulfide) groups is 1. The second-order valence-corrected chi connectivity index (χ2v) is 6.79. The number of carboxylic acid groups (broad SMARTS) is 1. The number of piperidine rings is 1. The molecule has 0 radical (unpaired) electrons. The van der Waals surface area contributed by atoms with Gasteiger partial charge in [0.25, 0.3) is 0 Å². The molecule has 0 spiro atoms. The van der Waals surface area contributed by atoms with E-state index in [4.69, 9.17) is 5.11 Å². The van der Waals surface area contributed by atoms with E-state index in [1.54, 1.807) is 0 Å². The number of hydrogen-bond acceptors (Lipinski definition) is 3. The normalized spacial score (nSPS) is 20.1. The number of carbonyl (C=O) groups is 1. The van der Waals surface area contributed by atoms with Gasteiger partial charge >= 0.3 is 5.97 Å². The monoisotopic (exact) mass is 296 g/mol. The molecule has 1 N–H and O–H groups in total. The van der Waals surface area contributed by atoms with E-state index in [0.29, 0.717) is 12.3 Å². The van der Waals surface area contributed by atoms with Gasteiger partial charge in [-0.15, -0.1) is 11.8 Å². The van der Waals surface area contributed by atoms with Crippen molar-refractivity contribution in [1.82, 2.24) is 9.47 Å². The van der Waals surface area contributed by atoms with Gasteiger partial charge in [-0.1, -0.05) is 0 Å². The van der Waals surface area contributed by atoms with Crippen LogP contribution >= 0.6 is 11.8 Å². The fraction of sp³-hybridized carbons (Fsp3) is 0.667. The fourth-order valence-electron chi connectivity index (χ4n) is 2.81. The molecule has 1 aliphatic rings. The summed E-state index contributed by atoms with van der Waals surface area (Å²) >= 11 is 1.90. The number of nitrogens with zero attached hydrogens (tertiary/aromatic N) is 2. The third-order valence-electron chi connectivity index (χ3n) is 3.76. The topological polar surface area (TPSA) is 45.5 Å². The van der Waals surface area contributed by atoms with Crippen LogP contribution in [0.3, 0.4) is 0 Å². The van der Waals surface area contributed by atoms with Crippen molar-refractivity contribution in [2.45, 2.75) is 30.6 Å². The van der Waals surface area contributed by atoms with Gasteiger partial charge in [0.2, 0.25) is 0 Å². The van der Waals surface area contributed by atoms with E-state index < -0.39 is 5.97 Å². The molecule has 0 amide bonds. The van der Waals surface area contributed by atoms with Crippen molar-refractivity contribution in [1.29, 1.82) is 0 Å². The third-order valence-corrected chi connectivity index (χ3v) is 4.83. The standard InChI is InChI=1S/C15H24N2O2S/c1-16-8-5-14(12-16)20-9-3-7-17-6-2-4-13(11-17)10-15(18)19/h5,8,12-13H,2-4,6-7,9-11H2,1H3,(H,18,19). The predicted octanol–water partition coefficient (Wildman–Crippen LogP) is 2.69. The van der Waals surface area contributed by atoms with Gasteiger partial charge in [0.1, 0.15) is 0 Å². The zero-order valence-corrected chi connectivity index (χ0v) is 12.9. The molecule has 1 fully saturated rings. The summed E-state index contributed by atoms with van der Waals surface area (Å²) in [4.78, 5) is 14.5. The Bertz CT molecular complexity index is 433. The highest BCUT2D eigenvalue weighted by Crippen LogP contribution is 2.21. The molecule has 5 heteroatoms. The maximum atomic E-state index is 10.8. The van der Waals surface area contributed by atoms with Gasteiger partial charge < -0.3 is 14.6 Å². The summed E-state index contributed by atoms with van der Waals surface area (Å²) in [7, 11) is 2.04. The Labute approximate surface area is 125 Å². The van der Waals surface area contributed by atoms with E-state index in [1.807, 2.05) is 18.8 Å². The lowest BCUT2D eigenvalue weighted by Gasteiger charge is -2.31. The van der Waals surface area contributed by atoms with Crippen molar-refractivity contribution in [3.63, 3.8) is 0 Å². The van der Waals surface area contributed by atoms with Crippen LogP contribution in [0.2, 0.25) is 0 Å². The minimum absolute atomic E-state index is 0.329. The summed E-state index contributed by atoms with van der Waals surface area (Å²) in [6, 6.07) is 2.15. The molecule has 0 aliphatic carbocycles. The quantitative estimate of drug-likeness (QED) is 0.621. The molecule has 0 aromatic carbocycles. The van der Waals surface area contributed by atoms with Crippen molar-refractivity contribution >= 4 is 17.7 Å². The predicted molar refractivity (Wildman–Crippen MR) is 82.2 cm³/mol. The lowest BCUT2D eigenvalue weighted by Crippen LogP contribution is -2.37. The first kappa shape index (κ1) is 15.4. The first-order valence-electron chi connectivity index (χ1n) is 7.32. The second kappa shape index (κ2) is 7.74. The van der Waals surface area contributed by atoms with Crippen molar-refractivity contribution in [2.75, 3.05) is 25.4 Å². The van der Waals surface area contributed by atoms with Gasteiger partial charge in [-0.3, -0.25) is 4.79 Å². The molecular formula is C15H24N2O2S. The summed E-state index contributed by atoms with van der Waals surface area (Å²) in [6.07, 6.45) is 7.93. The van der Waals surface area contributed by atoms with Crippen LogP contribution in [-0.2, 0) is 11.8 Å². The molecule has 0 saturated carbocycles. The molecule has 1 aromatic rings. The average molecular weight is 296 g/mol. The van der Waals surface area contributed by atoms with Gasteiger partial charge in [-0.25, -0.2) is 0 Å². The summed E-state index contributed by atoms with van der Waals surface area (Å²) in [5.41, 5.74) is 0. The number of aliphatic carboxylic acids is 1. The number of rotatable bonds is 7. The molecule has 1 unspecified atom stereocenters. The third kappa shape index (κ3) is 5.21. The summed E-state index contributed by atoms with van der Waals surface area (Å²) < 4.78 is 2.07. The van der Waals surface area contributed by atoms with Crippen molar-refractivity contribution in [3.05, 3.63) is 18.5 Å². The van der Waals surface area contributed by atoms with Crippen molar-refractivity contribution in [2.24, 2.45) is 13.0 Å².